The summed E-state index contributed by atoms with van der Waals surface area (Å²) in [6, 6.07) is 25.8. The molecule has 0 radical (unpaired) electrons. The number of hydrogen-bond donors (Lipinski definition) is 0. The molecule has 0 atom stereocenters. The van der Waals surface area contributed by atoms with Gasteiger partial charge in [0.2, 0.25) is 0 Å². The molecule has 0 heterocycles. The fourth-order valence-electron chi connectivity index (χ4n) is 7.46. The van der Waals surface area contributed by atoms with Crippen molar-refractivity contribution in [3.05, 3.63) is 71.8 Å². The van der Waals surface area contributed by atoms with E-state index in [4.69, 9.17) is 9.47 Å². The molecule has 0 unspecified atom stereocenters. The second-order valence-corrected chi connectivity index (χ2v) is 28.4. The van der Waals surface area contributed by atoms with Gasteiger partial charge in [0.25, 0.3) is 0 Å². The lowest BCUT2D eigenvalue weighted by Crippen LogP contribution is -2.48. The molecule has 0 fully saturated rings. The van der Waals surface area contributed by atoms with Crippen LogP contribution in [0.25, 0.3) is 0 Å². The fraction of sp³-hybridized carbons (Fsp3) is 0.667. The normalized spacial score (nSPS) is 12.7. The second-order valence-electron chi connectivity index (χ2n) is 19.1. The third-order valence-corrected chi connectivity index (χ3v) is 22.0. The van der Waals surface area contributed by atoms with Crippen molar-refractivity contribution in [2.75, 3.05) is 0 Å². The van der Waals surface area contributed by atoms with E-state index in [1.807, 2.05) is 0 Å². The first-order chi connectivity index (χ1) is 25.4. The summed E-state index contributed by atoms with van der Waals surface area (Å²) in [7, 11) is -3.38. The maximum Gasteiger partial charge on any atom is 0.331 e. The number of carbonyl (C=O) groups is 2. The van der Waals surface area contributed by atoms with E-state index >= 15 is 0 Å². The van der Waals surface area contributed by atoms with Gasteiger partial charge in [-0.15, -0.1) is 0 Å². The lowest BCUT2D eigenvalue weighted by atomic mass is 10.1. The second kappa shape index (κ2) is 24.2. The van der Waals surface area contributed by atoms with Gasteiger partial charge in [0.1, 0.15) is 13.2 Å². The SMILES string of the molecule is CC(C)CC[Si](CCC(C)C)(CCC(C)C)c1ccc(COC(=O)/C=C/C(=O)OCc2ccc([Si](CCC(C)C)(CCC(C)C)CCC(C)C)cc2)cc1. The molecule has 0 aromatic heterocycles. The van der Waals surface area contributed by atoms with Gasteiger partial charge in [-0.05, 0) is 46.6 Å². The van der Waals surface area contributed by atoms with Gasteiger partial charge in [0.15, 0.2) is 0 Å². The van der Waals surface area contributed by atoms with Crippen molar-refractivity contribution < 1.29 is 19.1 Å². The van der Waals surface area contributed by atoms with Gasteiger partial charge in [-0.2, -0.15) is 0 Å². The Kier molecular flexibility index (Phi) is 21.4. The van der Waals surface area contributed by atoms with Crippen LogP contribution >= 0.6 is 0 Å². The number of rotatable bonds is 26. The summed E-state index contributed by atoms with van der Waals surface area (Å²) in [6.45, 7) is 28.5. The van der Waals surface area contributed by atoms with Crippen LogP contribution in [0.3, 0.4) is 0 Å². The zero-order chi connectivity index (χ0) is 40.3. The molecule has 54 heavy (non-hydrogen) atoms. The summed E-state index contributed by atoms with van der Waals surface area (Å²) in [6.07, 6.45) is 10.0. The summed E-state index contributed by atoms with van der Waals surface area (Å²) in [4.78, 5) is 25.2. The van der Waals surface area contributed by atoms with E-state index in [0.717, 1.165) is 11.1 Å². The van der Waals surface area contributed by atoms with Crippen molar-refractivity contribution in [1.29, 1.82) is 0 Å². The number of ether oxygens (including phenoxy) is 2. The van der Waals surface area contributed by atoms with E-state index < -0.39 is 28.1 Å². The number of hydrogen-bond acceptors (Lipinski definition) is 4. The van der Waals surface area contributed by atoms with E-state index in [1.54, 1.807) is 10.4 Å². The molecule has 304 valence electrons. The van der Waals surface area contributed by atoms with Crippen LogP contribution in [0.15, 0.2) is 60.7 Å². The third-order valence-electron chi connectivity index (χ3n) is 11.5. The zero-order valence-corrected chi connectivity index (χ0v) is 38.8. The average molecular weight is 777 g/mol. The summed E-state index contributed by atoms with van der Waals surface area (Å²) in [5.74, 6) is 3.14. The van der Waals surface area contributed by atoms with Crippen molar-refractivity contribution in [3.63, 3.8) is 0 Å². The largest absolute Gasteiger partial charge is 0.458 e. The summed E-state index contributed by atoms with van der Waals surface area (Å²) in [5, 5.41) is 3.09. The Morgan fingerprint density at radius 1 is 0.426 bits per heavy atom. The van der Waals surface area contributed by atoms with Gasteiger partial charge in [-0.25, -0.2) is 9.59 Å². The Morgan fingerprint density at radius 2 is 0.648 bits per heavy atom. The minimum atomic E-state index is -1.69. The zero-order valence-electron chi connectivity index (χ0n) is 36.8. The van der Waals surface area contributed by atoms with Crippen molar-refractivity contribution in [3.8, 4) is 0 Å². The predicted octanol–water partition coefficient (Wildman–Crippen LogP) is 12.6. The van der Waals surface area contributed by atoms with Gasteiger partial charge >= 0.3 is 11.9 Å². The van der Waals surface area contributed by atoms with Gasteiger partial charge in [-0.3, -0.25) is 0 Å². The fourth-order valence-corrected chi connectivity index (χ4v) is 19.2. The maximum absolute atomic E-state index is 12.6. The van der Waals surface area contributed by atoms with Crippen molar-refractivity contribution in [1.82, 2.24) is 0 Å². The quantitative estimate of drug-likeness (QED) is 0.0542. The summed E-state index contributed by atoms with van der Waals surface area (Å²) in [5.41, 5.74) is 1.94. The molecule has 0 saturated heterocycles. The smallest absolute Gasteiger partial charge is 0.331 e. The monoisotopic (exact) mass is 777 g/mol. The molecule has 0 spiro atoms. The lowest BCUT2D eigenvalue weighted by molar-refractivity contribution is -0.141. The van der Waals surface area contributed by atoms with E-state index in [2.05, 4.69) is 132 Å². The molecule has 2 aromatic carbocycles. The van der Waals surface area contributed by atoms with Crippen LogP contribution in [0.4, 0.5) is 0 Å². The minimum Gasteiger partial charge on any atom is -0.458 e. The van der Waals surface area contributed by atoms with Crippen LogP contribution in [0.2, 0.25) is 36.3 Å². The molecule has 0 aliphatic carbocycles. The molecule has 0 N–H and O–H groups in total. The summed E-state index contributed by atoms with van der Waals surface area (Å²) < 4.78 is 11.1. The molecule has 0 saturated carbocycles. The molecule has 0 aliphatic heterocycles. The van der Waals surface area contributed by atoms with Gasteiger partial charge in [0, 0.05) is 12.2 Å². The standard InChI is InChI=1S/C48H80O4Si2/c1-37(2)23-29-53(30-24-38(3)4,31-25-39(5)6)45-17-13-43(14-18-45)35-51-47(49)21-22-48(50)52-36-44-15-19-46(20-16-44)54(32-26-40(7)8,33-27-41(9)10)34-28-42(11)12/h13-22,37-42H,23-36H2,1-12H3/b22-21+. The highest BCUT2D eigenvalue weighted by atomic mass is 28.3. The molecule has 0 bridgehead atoms. The van der Waals surface area contributed by atoms with Crippen LogP contribution in [-0.4, -0.2) is 28.1 Å². The molecule has 2 rings (SSSR count). The lowest BCUT2D eigenvalue weighted by Gasteiger charge is -2.35. The molecule has 4 nitrogen and oxygen atoms in total. The Labute approximate surface area is 334 Å². The first-order valence-electron chi connectivity index (χ1n) is 21.7. The van der Waals surface area contributed by atoms with Crippen molar-refractivity contribution >= 4 is 38.5 Å². The van der Waals surface area contributed by atoms with Crippen LogP contribution in [0, 0.1) is 35.5 Å². The molecular formula is C48H80O4Si2. The molecule has 2 aromatic rings. The topological polar surface area (TPSA) is 52.6 Å². The van der Waals surface area contributed by atoms with E-state index in [1.165, 1.54) is 86.9 Å². The minimum absolute atomic E-state index is 0.180. The Hall–Kier alpha value is -2.45. The Bertz CT molecular complexity index is 1200. The Balaban J connectivity index is 2.03. The average Bonchev–Trinajstić information content (AvgIpc) is 3.12. The first-order valence-corrected chi connectivity index (χ1v) is 26.9. The van der Waals surface area contributed by atoms with Crippen molar-refractivity contribution in [2.24, 2.45) is 35.5 Å². The Morgan fingerprint density at radius 3 is 0.852 bits per heavy atom. The van der Waals surface area contributed by atoms with E-state index in [0.29, 0.717) is 35.5 Å². The van der Waals surface area contributed by atoms with Crippen molar-refractivity contribution in [2.45, 2.75) is 171 Å². The third kappa shape index (κ3) is 18.0. The molecule has 0 aliphatic rings. The van der Waals surface area contributed by atoms with Gasteiger partial charge in [-0.1, -0.05) is 217 Å². The molecular weight excluding hydrogens is 697 g/mol. The highest BCUT2D eigenvalue weighted by molar-refractivity contribution is 6.92. The van der Waals surface area contributed by atoms with E-state index in [-0.39, 0.29) is 13.2 Å². The van der Waals surface area contributed by atoms with Gasteiger partial charge in [0.05, 0.1) is 16.1 Å². The number of benzene rings is 2. The van der Waals surface area contributed by atoms with Crippen LogP contribution < -0.4 is 10.4 Å². The van der Waals surface area contributed by atoms with E-state index in [9.17, 15) is 9.59 Å². The summed E-state index contributed by atoms with van der Waals surface area (Å²) >= 11 is 0. The van der Waals surface area contributed by atoms with Crippen LogP contribution in [0.1, 0.15) is 133 Å². The highest BCUT2D eigenvalue weighted by Crippen LogP contribution is 2.33. The highest BCUT2D eigenvalue weighted by Gasteiger charge is 2.36. The van der Waals surface area contributed by atoms with Gasteiger partial charge < -0.3 is 9.47 Å². The predicted molar refractivity (Wildman–Crippen MR) is 238 cm³/mol. The maximum atomic E-state index is 12.6. The molecule has 0 amide bonds. The number of carbonyl (C=O) groups excluding carboxylic acids is 2. The first kappa shape index (κ1) is 47.7. The van der Waals surface area contributed by atoms with Crippen LogP contribution in [0.5, 0.6) is 0 Å². The molecule has 6 heteroatoms. The van der Waals surface area contributed by atoms with Crippen LogP contribution in [-0.2, 0) is 32.3 Å². The number of esters is 2.